The van der Waals surface area contributed by atoms with Gasteiger partial charge in [-0.2, -0.15) is 0 Å². The average molecular weight is 266 g/mol. The van der Waals surface area contributed by atoms with Gasteiger partial charge in [-0.25, -0.2) is 0 Å². The van der Waals surface area contributed by atoms with Crippen LogP contribution in [0.3, 0.4) is 0 Å². The fourth-order valence-corrected chi connectivity index (χ4v) is 2.00. The first-order chi connectivity index (χ1) is 9.52. The molecule has 0 aliphatic heterocycles. The number of benzene rings is 2. The second-order valence-corrected chi connectivity index (χ2v) is 4.62. The monoisotopic (exact) mass is 266 g/mol. The van der Waals surface area contributed by atoms with Crippen LogP contribution >= 0.6 is 0 Å². The average Bonchev–Trinajstić information content (AvgIpc) is 2.46. The first kappa shape index (κ1) is 13.9. The molecule has 2 rings (SSSR count). The molecule has 0 aliphatic rings. The minimum absolute atomic E-state index is 0.277. The molecule has 3 nitrogen and oxygen atoms in total. The Hall–Kier alpha value is -2.55. The maximum atomic E-state index is 12.1. The zero-order valence-electron chi connectivity index (χ0n) is 11.3. The van der Waals surface area contributed by atoms with Crippen molar-refractivity contribution in [3.8, 4) is 0 Å². The molecule has 0 amide bonds. The Morgan fingerprint density at radius 3 is 1.35 bits per heavy atom. The SMILES string of the molecule is Cc1ccccc1C(=O)C(=O)C(=O)c1ccccc1C. The van der Waals surface area contributed by atoms with Crippen molar-refractivity contribution in [2.45, 2.75) is 13.8 Å². The number of hydrogen-bond donors (Lipinski definition) is 0. The van der Waals surface area contributed by atoms with Gasteiger partial charge in [-0.3, -0.25) is 14.4 Å². The van der Waals surface area contributed by atoms with Crippen LogP contribution in [0.1, 0.15) is 31.8 Å². The lowest BCUT2D eigenvalue weighted by Gasteiger charge is -2.05. The minimum atomic E-state index is -0.992. The summed E-state index contributed by atoms with van der Waals surface area (Å²) >= 11 is 0. The highest BCUT2D eigenvalue weighted by molar-refractivity contribution is 6.70. The van der Waals surface area contributed by atoms with Gasteiger partial charge < -0.3 is 0 Å². The summed E-state index contributed by atoms with van der Waals surface area (Å²) in [5.41, 5.74) is 1.92. The standard InChI is InChI=1S/C17H14O3/c1-11-7-3-5-9-13(11)15(18)17(20)16(19)14-10-6-4-8-12(14)2/h3-10H,1-2H3. The molecule has 0 fully saturated rings. The van der Waals surface area contributed by atoms with Gasteiger partial charge in [-0.15, -0.1) is 0 Å². The van der Waals surface area contributed by atoms with Crippen molar-refractivity contribution in [2.75, 3.05) is 0 Å². The highest BCUT2D eigenvalue weighted by atomic mass is 16.2. The first-order valence-electron chi connectivity index (χ1n) is 6.27. The molecule has 100 valence electrons. The molecule has 0 aliphatic carbocycles. The lowest BCUT2D eigenvalue weighted by molar-refractivity contribution is -0.111. The Kier molecular flexibility index (Phi) is 3.89. The van der Waals surface area contributed by atoms with Gasteiger partial charge in [0.15, 0.2) is 0 Å². The molecule has 2 aromatic rings. The number of rotatable bonds is 4. The van der Waals surface area contributed by atoms with Crippen LogP contribution in [0.5, 0.6) is 0 Å². The van der Waals surface area contributed by atoms with Gasteiger partial charge in [-0.1, -0.05) is 48.5 Å². The topological polar surface area (TPSA) is 51.2 Å². The van der Waals surface area contributed by atoms with Gasteiger partial charge in [0.2, 0.25) is 11.6 Å². The smallest absolute Gasteiger partial charge is 0.273 e. The second kappa shape index (κ2) is 5.61. The summed E-state index contributed by atoms with van der Waals surface area (Å²) in [6.45, 7) is 3.47. The number of aryl methyl sites for hydroxylation is 2. The van der Waals surface area contributed by atoms with Gasteiger partial charge in [0.05, 0.1) is 0 Å². The molecule has 0 radical (unpaired) electrons. The predicted octanol–water partition coefficient (Wildman–Crippen LogP) is 2.94. The zero-order valence-corrected chi connectivity index (χ0v) is 11.3. The molecular formula is C17H14O3. The highest BCUT2D eigenvalue weighted by Crippen LogP contribution is 2.13. The largest absolute Gasteiger partial charge is 0.285 e. The van der Waals surface area contributed by atoms with Crippen LogP contribution in [-0.2, 0) is 4.79 Å². The molecule has 0 unspecified atom stereocenters. The molecule has 3 heteroatoms. The Labute approximate surface area is 117 Å². The van der Waals surface area contributed by atoms with E-state index in [1.54, 1.807) is 62.4 Å². The summed E-state index contributed by atoms with van der Waals surface area (Å²) in [5, 5.41) is 0. The summed E-state index contributed by atoms with van der Waals surface area (Å²) in [6.07, 6.45) is 0. The van der Waals surface area contributed by atoms with Gasteiger partial charge in [0.1, 0.15) is 0 Å². The number of ketones is 3. The maximum absolute atomic E-state index is 12.1. The van der Waals surface area contributed by atoms with Crippen LogP contribution in [0.2, 0.25) is 0 Å². The van der Waals surface area contributed by atoms with Crippen LogP contribution in [0.15, 0.2) is 48.5 Å². The Morgan fingerprint density at radius 1 is 0.650 bits per heavy atom. The molecule has 0 saturated heterocycles. The van der Waals surface area contributed by atoms with Gasteiger partial charge >= 0.3 is 0 Å². The highest BCUT2D eigenvalue weighted by Gasteiger charge is 2.26. The van der Waals surface area contributed by atoms with Gasteiger partial charge in [-0.05, 0) is 25.0 Å². The molecule has 0 aromatic heterocycles. The van der Waals surface area contributed by atoms with E-state index in [0.717, 1.165) is 0 Å². The Bertz CT molecular complexity index is 639. The summed E-state index contributed by atoms with van der Waals surface area (Å²) in [7, 11) is 0. The molecule has 2 aromatic carbocycles. The fraction of sp³-hybridized carbons (Fsp3) is 0.118. The lowest BCUT2D eigenvalue weighted by Crippen LogP contribution is -2.25. The molecular weight excluding hydrogens is 252 g/mol. The summed E-state index contributed by atoms with van der Waals surface area (Å²) in [4.78, 5) is 36.3. The van der Waals surface area contributed by atoms with E-state index in [0.29, 0.717) is 11.1 Å². The van der Waals surface area contributed by atoms with E-state index in [1.807, 2.05) is 0 Å². The summed E-state index contributed by atoms with van der Waals surface area (Å²) < 4.78 is 0. The third-order valence-electron chi connectivity index (χ3n) is 3.19. The van der Waals surface area contributed by atoms with Crippen molar-refractivity contribution in [2.24, 2.45) is 0 Å². The van der Waals surface area contributed by atoms with E-state index >= 15 is 0 Å². The second-order valence-electron chi connectivity index (χ2n) is 4.62. The zero-order chi connectivity index (χ0) is 14.7. The molecule has 0 saturated carbocycles. The molecule has 0 bridgehead atoms. The Balaban J connectivity index is 2.33. The number of Topliss-reactive ketones (excluding diaryl/α,β-unsaturated/α-hetero) is 3. The van der Waals surface area contributed by atoms with Crippen molar-refractivity contribution in [1.82, 2.24) is 0 Å². The van der Waals surface area contributed by atoms with Crippen molar-refractivity contribution < 1.29 is 14.4 Å². The van der Waals surface area contributed by atoms with Crippen molar-refractivity contribution >= 4 is 17.3 Å². The number of carbonyl (C=O) groups excluding carboxylic acids is 3. The fourth-order valence-electron chi connectivity index (χ4n) is 2.00. The van der Waals surface area contributed by atoms with E-state index in [4.69, 9.17) is 0 Å². The van der Waals surface area contributed by atoms with Gasteiger partial charge in [0, 0.05) is 11.1 Å². The lowest BCUT2D eigenvalue weighted by atomic mass is 9.95. The van der Waals surface area contributed by atoms with E-state index in [-0.39, 0.29) is 11.1 Å². The van der Waals surface area contributed by atoms with Crippen LogP contribution in [0.4, 0.5) is 0 Å². The van der Waals surface area contributed by atoms with Crippen molar-refractivity contribution in [3.63, 3.8) is 0 Å². The van der Waals surface area contributed by atoms with E-state index in [1.165, 1.54) is 0 Å². The molecule has 0 heterocycles. The quantitative estimate of drug-likeness (QED) is 0.485. The number of hydrogen-bond acceptors (Lipinski definition) is 3. The first-order valence-corrected chi connectivity index (χ1v) is 6.27. The van der Waals surface area contributed by atoms with E-state index < -0.39 is 17.3 Å². The normalized spacial score (nSPS) is 10.1. The number of carbonyl (C=O) groups is 3. The summed E-state index contributed by atoms with van der Waals surface area (Å²) in [6, 6.07) is 13.5. The third kappa shape index (κ3) is 2.57. The van der Waals surface area contributed by atoms with E-state index in [2.05, 4.69) is 0 Å². The predicted molar refractivity (Wildman–Crippen MR) is 76.0 cm³/mol. The summed E-state index contributed by atoms with van der Waals surface area (Å²) in [5.74, 6) is -2.50. The van der Waals surface area contributed by atoms with Crippen LogP contribution in [-0.4, -0.2) is 17.3 Å². The van der Waals surface area contributed by atoms with Crippen molar-refractivity contribution in [1.29, 1.82) is 0 Å². The molecule has 20 heavy (non-hydrogen) atoms. The van der Waals surface area contributed by atoms with Crippen molar-refractivity contribution in [3.05, 3.63) is 70.8 Å². The minimum Gasteiger partial charge on any atom is -0.285 e. The van der Waals surface area contributed by atoms with Crippen LogP contribution < -0.4 is 0 Å². The third-order valence-corrected chi connectivity index (χ3v) is 3.19. The van der Waals surface area contributed by atoms with Crippen LogP contribution in [0, 0.1) is 13.8 Å². The maximum Gasteiger partial charge on any atom is 0.273 e. The molecule has 0 spiro atoms. The van der Waals surface area contributed by atoms with Gasteiger partial charge in [0.25, 0.3) is 5.78 Å². The van der Waals surface area contributed by atoms with Crippen LogP contribution in [0.25, 0.3) is 0 Å². The van der Waals surface area contributed by atoms with E-state index in [9.17, 15) is 14.4 Å². The molecule has 0 atom stereocenters. The molecule has 0 N–H and O–H groups in total. The Morgan fingerprint density at radius 2 is 1.00 bits per heavy atom.